The van der Waals surface area contributed by atoms with Crippen molar-refractivity contribution in [1.29, 1.82) is 0 Å². The SMILES string of the molecule is CC(C)(C)OC1SC=CN=C1N=C=O. The third kappa shape index (κ3) is 3.46. The van der Waals surface area contributed by atoms with Crippen LogP contribution in [0.2, 0.25) is 0 Å². The second-order valence-corrected chi connectivity index (χ2v) is 4.65. The van der Waals surface area contributed by atoms with Crippen LogP contribution in [0.3, 0.4) is 0 Å². The summed E-state index contributed by atoms with van der Waals surface area (Å²) in [5.41, 5.74) is -0.608. The number of nitrogens with zero attached hydrogens (tertiary/aromatic N) is 2. The molecule has 1 aliphatic rings. The van der Waals surface area contributed by atoms with E-state index in [9.17, 15) is 4.79 Å². The number of isocyanates is 1. The fourth-order valence-corrected chi connectivity index (χ4v) is 1.72. The van der Waals surface area contributed by atoms with Gasteiger partial charge in [-0.1, -0.05) is 11.8 Å². The molecule has 5 heteroatoms. The van der Waals surface area contributed by atoms with E-state index in [1.165, 1.54) is 17.8 Å². The summed E-state index contributed by atoms with van der Waals surface area (Å²) in [5, 5.41) is 1.81. The first-order chi connectivity index (χ1) is 6.53. The van der Waals surface area contributed by atoms with Gasteiger partial charge in [-0.05, 0) is 26.2 Å². The van der Waals surface area contributed by atoms with Gasteiger partial charge in [-0.3, -0.25) is 0 Å². The minimum Gasteiger partial charge on any atom is -0.353 e. The summed E-state index contributed by atoms with van der Waals surface area (Å²) in [6, 6.07) is 0. The molecule has 0 radical (unpaired) electrons. The highest BCUT2D eigenvalue weighted by atomic mass is 32.2. The quantitative estimate of drug-likeness (QED) is 0.494. The van der Waals surface area contributed by atoms with Crippen molar-refractivity contribution in [1.82, 2.24) is 0 Å². The number of ether oxygens (including phenoxy) is 1. The van der Waals surface area contributed by atoms with E-state index in [1.807, 2.05) is 20.8 Å². The van der Waals surface area contributed by atoms with Gasteiger partial charge in [0.25, 0.3) is 0 Å². The Labute approximate surface area is 87.2 Å². The number of hydrogen-bond donors (Lipinski definition) is 0. The number of thioether (sulfide) groups is 1. The summed E-state index contributed by atoms with van der Waals surface area (Å²) in [6.07, 6.45) is 3.06. The van der Waals surface area contributed by atoms with Crippen LogP contribution >= 0.6 is 11.8 Å². The third-order valence-electron chi connectivity index (χ3n) is 1.30. The van der Waals surface area contributed by atoms with Crippen molar-refractivity contribution in [2.24, 2.45) is 9.98 Å². The molecule has 0 aromatic carbocycles. The molecule has 1 aliphatic heterocycles. The maximum Gasteiger partial charge on any atom is 0.241 e. The summed E-state index contributed by atoms with van der Waals surface area (Å²) in [7, 11) is 0. The molecule has 0 aliphatic carbocycles. The molecule has 0 saturated heterocycles. The summed E-state index contributed by atoms with van der Waals surface area (Å²) < 4.78 is 5.65. The van der Waals surface area contributed by atoms with Gasteiger partial charge in [0.2, 0.25) is 6.08 Å². The number of carbonyl (C=O) groups excluding carboxylic acids is 1. The van der Waals surface area contributed by atoms with Crippen LogP contribution in [0.5, 0.6) is 0 Å². The zero-order valence-corrected chi connectivity index (χ0v) is 9.17. The highest BCUT2D eigenvalue weighted by Gasteiger charge is 2.24. The molecule has 1 unspecified atom stereocenters. The van der Waals surface area contributed by atoms with Gasteiger partial charge in [-0.2, -0.15) is 0 Å². The highest BCUT2D eigenvalue weighted by Crippen LogP contribution is 2.25. The van der Waals surface area contributed by atoms with E-state index < -0.39 is 0 Å². The van der Waals surface area contributed by atoms with Gasteiger partial charge in [0.15, 0.2) is 11.3 Å². The van der Waals surface area contributed by atoms with Gasteiger partial charge in [0, 0.05) is 6.20 Å². The van der Waals surface area contributed by atoms with Crippen molar-refractivity contribution >= 4 is 23.7 Å². The summed E-state index contributed by atoms with van der Waals surface area (Å²) >= 11 is 1.43. The predicted molar refractivity (Wildman–Crippen MR) is 56.9 cm³/mol. The summed E-state index contributed by atoms with van der Waals surface area (Å²) in [4.78, 5) is 17.6. The normalized spacial score (nSPS) is 21.4. The standard InChI is InChI=1S/C9H12N2O2S/c1-9(2,3)13-8-7(11-6-12)10-4-5-14-8/h4-5,8H,1-3H3. The molecule has 1 atom stereocenters. The van der Waals surface area contributed by atoms with Crippen LogP contribution in [0, 0.1) is 0 Å². The van der Waals surface area contributed by atoms with Crippen LogP contribution in [0.25, 0.3) is 0 Å². The maximum absolute atomic E-state index is 10.1. The number of hydrogen-bond acceptors (Lipinski definition) is 5. The van der Waals surface area contributed by atoms with Gasteiger partial charge in [0.05, 0.1) is 5.60 Å². The summed E-state index contributed by atoms with van der Waals surface area (Å²) in [5.74, 6) is 0.363. The molecule has 76 valence electrons. The molecule has 0 aromatic rings. The molecule has 0 spiro atoms. The molecule has 0 saturated carbocycles. The van der Waals surface area contributed by atoms with Crippen LogP contribution < -0.4 is 0 Å². The third-order valence-corrected chi connectivity index (χ3v) is 2.13. The highest BCUT2D eigenvalue weighted by molar-refractivity contribution is 8.03. The zero-order valence-electron chi connectivity index (χ0n) is 8.35. The lowest BCUT2D eigenvalue weighted by Crippen LogP contribution is -2.30. The molecule has 0 fully saturated rings. The smallest absolute Gasteiger partial charge is 0.241 e. The molecule has 0 amide bonds. The van der Waals surface area contributed by atoms with Gasteiger partial charge in [0.1, 0.15) is 0 Å². The Bertz CT molecular complexity index is 311. The maximum atomic E-state index is 10.1. The van der Waals surface area contributed by atoms with Crippen molar-refractivity contribution < 1.29 is 9.53 Å². The van der Waals surface area contributed by atoms with Gasteiger partial charge in [-0.15, -0.1) is 4.99 Å². The first-order valence-corrected chi connectivity index (χ1v) is 5.11. The van der Waals surface area contributed by atoms with Gasteiger partial charge >= 0.3 is 0 Å². The van der Waals surface area contributed by atoms with E-state index in [-0.39, 0.29) is 11.0 Å². The van der Waals surface area contributed by atoms with E-state index >= 15 is 0 Å². The lowest BCUT2D eigenvalue weighted by molar-refractivity contribution is 0.00613. The molecule has 4 nitrogen and oxygen atoms in total. The molecular formula is C9H12N2O2S. The van der Waals surface area contributed by atoms with Crippen molar-refractivity contribution in [2.45, 2.75) is 31.8 Å². The summed E-state index contributed by atoms with van der Waals surface area (Å²) in [6.45, 7) is 5.82. The van der Waals surface area contributed by atoms with Gasteiger partial charge < -0.3 is 4.74 Å². The zero-order chi connectivity index (χ0) is 10.6. The molecule has 1 rings (SSSR count). The molecule has 0 aromatic heterocycles. The number of rotatable bonds is 1. The van der Waals surface area contributed by atoms with Gasteiger partial charge in [-0.25, -0.2) is 9.79 Å². The lowest BCUT2D eigenvalue weighted by Gasteiger charge is -2.26. The van der Waals surface area contributed by atoms with Crippen LogP contribution in [-0.2, 0) is 9.53 Å². The first kappa shape index (κ1) is 11.2. The second-order valence-electron chi connectivity index (χ2n) is 3.67. The average molecular weight is 212 g/mol. The van der Waals surface area contributed by atoms with Crippen LogP contribution in [-0.4, -0.2) is 23.0 Å². The Hall–Kier alpha value is -0.900. The Kier molecular flexibility index (Phi) is 3.63. The molecule has 1 heterocycles. The van der Waals surface area contributed by atoms with E-state index in [4.69, 9.17) is 4.74 Å². The number of amidine groups is 1. The Morgan fingerprint density at radius 3 is 2.93 bits per heavy atom. The first-order valence-electron chi connectivity index (χ1n) is 4.17. The topological polar surface area (TPSA) is 51.0 Å². The van der Waals surface area contributed by atoms with Crippen molar-refractivity contribution in [3.05, 3.63) is 11.6 Å². The van der Waals surface area contributed by atoms with E-state index in [0.29, 0.717) is 5.84 Å². The fourth-order valence-electron chi connectivity index (χ4n) is 0.865. The minimum absolute atomic E-state index is 0.290. The molecule has 0 bridgehead atoms. The lowest BCUT2D eigenvalue weighted by atomic mass is 10.2. The predicted octanol–water partition coefficient (Wildman–Crippen LogP) is 2.08. The molecular weight excluding hydrogens is 200 g/mol. The largest absolute Gasteiger partial charge is 0.353 e. The van der Waals surface area contributed by atoms with Crippen LogP contribution in [0.4, 0.5) is 0 Å². The van der Waals surface area contributed by atoms with E-state index in [1.54, 1.807) is 11.6 Å². The van der Waals surface area contributed by atoms with Crippen molar-refractivity contribution in [3.8, 4) is 0 Å². The Morgan fingerprint density at radius 1 is 1.64 bits per heavy atom. The van der Waals surface area contributed by atoms with E-state index in [2.05, 4.69) is 9.98 Å². The Morgan fingerprint density at radius 2 is 2.36 bits per heavy atom. The monoisotopic (exact) mass is 212 g/mol. The molecule has 14 heavy (non-hydrogen) atoms. The van der Waals surface area contributed by atoms with Crippen LogP contribution in [0.15, 0.2) is 21.6 Å². The van der Waals surface area contributed by atoms with Crippen molar-refractivity contribution in [2.75, 3.05) is 0 Å². The minimum atomic E-state index is -0.318. The Balaban J connectivity index is 2.74. The van der Waals surface area contributed by atoms with Crippen molar-refractivity contribution in [3.63, 3.8) is 0 Å². The van der Waals surface area contributed by atoms with E-state index in [0.717, 1.165) is 0 Å². The fraction of sp³-hybridized carbons (Fsp3) is 0.556. The average Bonchev–Trinajstić information content (AvgIpc) is 2.06. The second kappa shape index (κ2) is 4.55. The van der Waals surface area contributed by atoms with Crippen LogP contribution in [0.1, 0.15) is 20.8 Å². The molecule has 0 N–H and O–H groups in total. The number of aliphatic imine (C=N–C) groups is 2.